The van der Waals surface area contributed by atoms with E-state index in [4.69, 9.17) is 4.74 Å². The van der Waals surface area contributed by atoms with Crippen molar-refractivity contribution in [1.29, 1.82) is 5.26 Å². The van der Waals surface area contributed by atoms with Crippen LogP contribution < -0.4 is 10.1 Å². The van der Waals surface area contributed by atoms with Gasteiger partial charge in [0.05, 0.1) is 5.56 Å². The first-order chi connectivity index (χ1) is 15.4. The van der Waals surface area contributed by atoms with Gasteiger partial charge in [-0.05, 0) is 42.8 Å². The van der Waals surface area contributed by atoms with Gasteiger partial charge in [-0.15, -0.1) is 0 Å². The summed E-state index contributed by atoms with van der Waals surface area (Å²) in [5, 5.41) is 12.2. The Balaban J connectivity index is 1.58. The van der Waals surface area contributed by atoms with Gasteiger partial charge in [0.25, 0.3) is 11.8 Å². The number of para-hydroxylation sites is 1. The van der Waals surface area contributed by atoms with Crippen molar-refractivity contribution in [2.24, 2.45) is 5.92 Å². The predicted molar refractivity (Wildman–Crippen MR) is 122 cm³/mol. The van der Waals surface area contributed by atoms with Gasteiger partial charge in [-0.3, -0.25) is 9.59 Å². The summed E-state index contributed by atoms with van der Waals surface area (Å²) in [5.41, 5.74) is 1.95. The van der Waals surface area contributed by atoms with Crippen LogP contribution in [0.3, 0.4) is 0 Å². The van der Waals surface area contributed by atoms with Crippen LogP contribution in [0.4, 0.5) is 0 Å². The zero-order valence-electron chi connectivity index (χ0n) is 18.9. The van der Waals surface area contributed by atoms with E-state index < -0.39 is 6.10 Å². The summed E-state index contributed by atoms with van der Waals surface area (Å²) < 4.78 is 5.89. The van der Waals surface area contributed by atoms with Crippen LogP contribution >= 0.6 is 0 Å². The standard InChI is InChI=1S/C25H30N4O3/c1-18(2)23(32-22-7-5-4-6-21(22)16-26)24(30)27-17-19-8-10-20(11-9-19)25(31)29-14-12-28(3)13-15-29/h4-11,18,23H,12-15,17H2,1-3H3,(H,27,30). The molecule has 1 saturated heterocycles. The number of likely N-dealkylation sites (N-methyl/N-ethyl adjacent to an activating group) is 1. The molecule has 168 valence electrons. The van der Waals surface area contributed by atoms with Crippen molar-refractivity contribution in [3.8, 4) is 11.8 Å². The summed E-state index contributed by atoms with van der Waals surface area (Å²) in [6, 6.07) is 16.3. The lowest BCUT2D eigenvalue weighted by Crippen LogP contribution is -2.47. The quantitative estimate of drug-likeness (QED) is 0.724. The smallest absolute Gasteiger partial charge is 0.261 e. The molecule has 0 aliphatic carbocycles. The molecule has 0 spiro atoms. The van der Waals surface area contributed by atoms with Crippen molar-refractivity contribution < 1.29 is 14.3 Å². The maximum atomic E-state index is 12.8. The lowest BCUT2D eigenvalue weighted by atomic mass is 10.1. The van der Waals surface area contributed by atoms with E-state index in [9.17, 15) is 14.9 Å². The van der Waals surface area contributed by atoms with Gasteiger partial charge < -0.3 is 19.9 Å². The summed E-state index contributed by atoms with van der Waals surface area (Å²) in [6.07, 6.45) is -0.720. The Labute approximate surface area is 189 Å². The topological polar surface area (TPSA) is 85.7 Å². The minimum absolute atomic E-state index is 0.0399. The van der Waals surface area contributed by atoms with E-state index in [0.717, 1.165) is 31.7 Å². The summed E-state index contributed by atoms with van der Waals surface area (Å²) in [7, 11) is 2.06. The number of amides is 2. The molecule has 1 unspecified atom stereocenters. The van der Waals surface area contributed by atoms with Gasteiger partial charge in [-0.1, -0.05) is 38.1 Å². The van der Waals surface area contributed by atoms with Crippen LogP contribution in [0.1, 0.15) is 35.3 Å². The molecule has 2 aromatic rings. The van der Waals surface area contributed by atoms with Crippen molar-refractivity contribution in [1.82, 2.24) is 15.1 Å². The summed E-state index contributed by atoms with van der Waals surface area (Å²) >= 11 is 0. The van der Waals surface area contributed by atoms with Gasteiger partial charge in [-0.25, -0.2) is 0 Å². The predicted octanol–water partition coefficient (Wildman–Crippen LogP) is 2.67. The molecule has 7 heteroatoms. The molecular formula is C25H30N4O3. The lowest BCUT2D eigenvalue weighted by molar-refractivity contribution is -0.130. The van der Waals surface area contributed by atoms with Gasteiger partial charge in [-0.2, -0.15) is 5.26 Å². The maximum absolute atomic E-state index is 12.8. The molecule has 0 saturated carbocycles. The first-order valence-corrected chi connectivity index (χ1v) is 10.9. The zero-order chi connectivity index (χ0) is 23.1. The molecule has 1 aliphatic rings. The van der Waals surface area contributed by atoms with Crippen molar-refractivity contribution in [2.75, 3.05) is 33.2 Å². The number of benzene rings is 2. The number of hydrogen-bond acceptors (Lipinski definition) is 5. The molecule has 0 radical (unpaired) electrons. The Morgan fingerprint density at radius 1 is 1.06 bits per heavy atom. The van der Waals surface area contributed by atoms with E-state index in [-0.39, 0.29) is 17.7 Å². The lowest BCUT2D eigenvalue weighted by Gasteiger charge is -2.32. The Bertz CT molecular complexity index is 973. The zero-order valence-corrected chi connectivity index (χ0v) is 18.9. The highest BCUT2D eigenvalue weighted by Crippen LogP contribution is 2.21. The molecule has 0 aromatic heterocycles. The SMILES string of the molecule is CC(C)C(Oc1ccccc1C#N)C(=O)NCc1ccc(C(=O)N2CCN(C)CC2)cc1. The largest absolute Gasteiger partial charge is 0.479 e. The van der Waals surface area contributed by atoms with E-state index in [1.165, 1.54) is 0 Å². The molecule has 3 rings (SSSR count). The maximum Gasteiger partial charge on any atom is 0.261 e. The number of rotatable bonds is 7. The van der Waals surface area contributed by atoms with Crippen LogP contribution in [0.15, 0.2) is 48.5 Å². The third-order valence-electron chi connectivity index (χ3n) is 5.58. The average molecular weight is 435 g/mol. The van der Waals surface area contributed by atoms with E-state index >= 15 is 0 Å². The third kappa shape index (κ3) is 5.86. The van der Waals surface area contributed by atoms with Gasteiger partial charge in [0, 0.05) is 38.3 Å². The fraction of sp³-hybridized carbons (Fsp3) is 0.400. The summed E-state index contributed by atoms with van der Waals surface area (Å²) in [6.45, 7) is 7.36. The Morgan fingerprint density at radius 2 is 1.72 bits per heavy atom. The molecular weight excluding hydrogens is 404 g/mol. The molecule has 0 bridgehead atoms. The van der Waals surface area contributed by atoms with Gasteiger partial charge in [0.15, 0.2) is 6.10 Å². The summed E-state index contributed by atoms with van der Waals surface area (Å²) in [4.78, 5) is 29.5. The summed E-state index contributed by atoms with van der Waals surface area (Å²) in [5.74, 6) is 0.115. The highest BCUT2D eigenvalue weighted by molar-refractivity contribution is 5.94. The molecule has 32 heavy (non-hydrogen) atoms. The number of carbonyl (C=O) groups is 2. The minimum atomic E-state index is -0.720. The molecule has 2 amide bonds. The molecule has 7 nitrogen and oxygen atoms in total. The highest BCUT2D eigenvalue weighted by Gasteiger charge is 2.25. The van der Waals surface area contributed by atoms with Crippen molar-refractivity contribution in [2.45, 2.75) is 26.5 Å². The van der Waals surface area contributed by atoms with Crippen LogP contribution in [-0.2, 0) is 11.3 Å². The molecule has 1 aliphatic heterocycles. The second-order valence-corrected chi connectivity index (χ2v) is 8.40. The first kappa shape index (κ1) is 23.3. The number of carbonyl (C=O) groups excluding carboxylic acids is 2. The van der Waals surface area contributed by atoms with Crippen LogP contribution in [0, 0.1) is 17.2 Å². The van der Waals surface area contributed by atoms with Crippen LogP contribution in [0.5, 0.6) is 5.75 Å². The van der Waals surface area contributed by atoms with Crippen LogP contribution in [-0.4, -0.2) is 60.9 Å². The second kappa shape index (κ2) is 10.8. The number of nitriles is 1. The number of nitrogens with one attached hydrogen (secondary N) is 1. The van der Waals surface area contributed by atoms with E-state index in [1.807, 2.05) is 43.0 Å². The van der Waals surface area contributed by atoms with E-state index in [1.54, 1.807) is 24.3 Å². The normalized spacial score (nSPS) is 15.2. The van der Waals surface area contributed by atoms with Crippen LogP contribution in [0.25, 0.3) is 0 Å². The third-order valence-corrected chi connectivity index (χ3v) is 5.58. The molecule has 1 heterocycles. The Morgan fingerprint density at radius 3 is 2.34 bits per heavy atom. The first-order valence-electron chi connectivity index (χ1n) is 10.9. The monoisotopic (exact) mass is 434 g/mol. The van der Waals surface area contributed by atoms with Gasteiger partial charge >= 0.3 is 0 Å². The number of nitrogens with zero attached hydrogens (tertiary/aromatic N) is 3. The van der Waals surface area contributed by atoms with Crippen molar-refractivity contribution in [3.05, 3.63) is 65.2 Å². The second-order valence-electron chi connectivity index (χ2n) is 8.40. The molecule has 1 N–H and O–H groups in total. The van der Waals surface area contributed by atoms with E-state index in [0.29, 0.717) is 23.4 Å². The number of piperazine rings is 1. The number of hydrogen-bond donors (Lipinski definition) is 1. The fourth-order valence-corrected chi connectivity index (χ4v) is 3.54. The number of ether oxygens (including phenoxy) is 1. The highest BCUT2D eigenvalue weighted by atomic mass is 16.5. The minimum Gasteiger partial charge on any atom is -0.479 e. The van der Waals surface area contributed by atoms with Crippen LogP contribution in [0.2, 0.25) is 0 Å². The van der Waals surface area contributed by atoms with Crippen molar-refractivity contribution >= 4 is 11.8 Å². The Kier molecular flexibility index (Phi) is 7.85. The molecule has 2 aromatic carbocycles. The Hall–Kier alpha value is -3.37. The van der Waals surface area contributed by atoms with Gasteiger partial charge in [0.2, 0.25) is 0 Å². The van der Waals surface area contributed by atoms with Gasteiger partial charge in [0.1, 0.15) is 11.8 Å². The van der Waals surface area contributed by atoms with E-state index in [2.05, 4.69) is 23.3 Å². The fourth-order valence-electron chi connectivity index (χ4n) is 3.54. The molecule has 1 fully saturated rings. The molecule has 1 atom stereocenters. The van der Waals surface area contributed by atoms with Crippen molar-refractivity contribution in [3.63, 3.8) is 0 Å². The average Bonchev–Trinajstić information content (AvgIpc) is 2.81.